The molecule has 0 unspecified atom stereocenters. The highest BCUT2D eigenvalue weighted by atomic mass is 32.1. The van der Waals surface area contributed by atoms with Crippen LogP contribution in [0.15, 0.2) is 24.4 Å². The van der Waals surface area contributed by atoms with E-state index in [9.17, 15) is 18.0 Å². The van der Waals surface area contributed by atoms with Crippen LogP contribution >= 0.6 is 11.3 Å². The zero-order valence-electron chi connectivity index (χ0n) is 20.5. The fourth-order valence-electron chi connectivity index (χ4n) is 5.44. The minimum Gasteiger partial charge on any atom is -0.349 e. The molecule has 10 heteroatoms. The van der Waals surface area contributed by atoms with Crippen molar-refractivity contribution < 1.29 is 18.0 Å². The molecule has 0 saturated heterocycles. The number of amides is 1. The Kier molecular flexibility index (Phi) is 7.35. The summed E-state index contributed by atoms with van der Waals surface area (Å²) in [4.78, 5) is 21.0. The molecule has 5 rings (SSSR count). The van der Waals surface area contributed by atoms with Crippen LogP contribution in [0.1, 0.15) is 64.5 Å². The second kappa shape index (κ2) is 10.5. The van der Waals surface area contributed by atoms with E-state index in [4.69, 9.17) is 0 Å². The molecule has 194 valence electrons. The van der Waals surface area contributed by atoms with Gasteiger partial charge in [0.25, 0.3) is 5.91 Å². The molecule has 2 aliphatic rings. The second-order valence-electron chi connectivity index (χ2n) is 10.1. The number of aromatic nitrogens is 3. The van der Waals surface area contributed by atoms with Crippen molar-refractivity contribution in [1.29, 1.82) is 0 Å². The molecule has 1 saturated carbocycles. The molecule has 0 bridgehead atoms. The standard InChI is InChI=1S/C26H32F3N5OS/c1-33-15-20-19(3-2-4-21(20)32-33)25(35)30-18-7-5-17(6-8-18)10-13-34-14-11-23-22(16-34)31-24(36-23)9-12-26(27,28)29/h2-4,15,17-18H,5-14,16H2,1H3,(H,30,35)/t17-,18-. The summed E-state index contributed by atoms with van der Waals surface area (Å²) >= 11 is 1.45. The molecule has 0 atom stereocenters. The number of benzene rings is 1. The normalized spacial score (nSPS) is 21.0. The van der Waals surface area contributed by atoms with Gasteiger partial charge in [0, 0.05) is 55.5 Å². The monoisotopic (exact) mass is 519 g/mol. The third kappa shape index (κ3) is 6.08. The fraction of sp³-hybridized carbons (Fsp3) is 0.577. The number of nitrogens with one attached hydrogen (secondary N) is 1. The highest BCUT2D eigenvalue weighted by molar-refractivity contribution is 7.11. The van der Waals surface area contributed by atoms with Crippen molar-refractivity contribution in [3.63, 3.8) is 0 Å². The van der Waals surface area contributed by atoms with Crippen molar-refractivity contribution in [3.8, 4) is 0 Å². The van der Waals surface area contributed by atoms with E-state index in [1.165, 1.54) is 11.3 Å². The number of halogens is 3. The Labute approximate surface area is 212 Å². The van der Waals surface area contributed by atoms with Gasteiger partial charge in [-0.15, -0.1) is 11.3 Å². The number of carbonyl (C=O) groups excluding carboxylic acids is 1. The quantitative estimate of drug-likeness (QED) is 0.463. The highest BCUT2D eigenvalue weighted by Crippen LogP contribution is 2.31. The molecule has 1 aromatic carbocycles. The van der Waals surface area contributed by atoms with Gasteiger partial charge < -0.3 is 5.32 Å². The molecule has 0 spiro atoms. The van der Waals surface area contributed by atoms with Crippen molar-refractivity contribution in [3.05, 3.63) is 45.5 Å². The lowest BCUT2D eigenvalue weighted by Gasteiger charge is -2.32. The molecule has 2 aromatic heterocycles. The van der Waals surface area contributed by atoms with Crippen molar-refractivity contribution in [2.45, 2.75) is 70.1 Å². The maximum atomic E-state index is 12.9. The Balaban J connectivity index is 1.06. The number of aryl methyl sites for hydroxylation is 2. The first-order valence-electron chi connectivity index (χ1n) is 12.7. The minimum absolute atomic E-state index is 0.0155. The van der Waals surface area contributed by atoms with Gasteiger partial charge in [-0.2, -0.15) is 18.3 Å². The van der Waals surface area contributed by atoms with Crippen LogP contribution in [-0.2, 0) is 26.4 Å². The molecule has 3 aromatic rings. The molecule has 1 fully saturated rings. The number of nitrogens with zero attached hydrogens (tertiary/aromatic N) is 4. The summed E-state index contributed by atoms with van der Waals surface area (Å²) in [6, 6.07) is 5.85. The predicted octanol–water partition coefficient (Wildman–Crippen LogP) is 5.26. The Morgan fingerprint density at radius 2 is 2.03 bits per heavy atom. The average molecular weight is 520 g/mol. The van der Waals surface area contributed by atoms with E-state index < -0.39 is 12.6 Å². The molecule has 1 aliphatic carbocycles. The minimum atomic E-state index is -4.13. The molecule has 1 N–H and O–H groups in total. The van der Waals surface area contributed by atoms with Crippen LogP contribution in [0, 0.1) is 5.92 Å². The second-order valence-corrected chi connectivity index (χ2v) is 11.3. The average Bonchev–Trinajstić information content (AvgIpc) is 3.43. The largest absolute Gasteiger partial charge is 0.389 e. The van der Waals surface area contributed by atoms with Gasteiger partial charge >= 0.3 is 6.18 Å². The SMILES string of the molecule is Cn1cc2c(C(=O)N[C@H]3CC[C@H](CCN4CCc5sc(CCC(F)(F)F)nc5C4)CC3)cccc2n1. The van der Waals surface area contributed by atoms with E-state index in [-0.39, 0.29) is 18.4 Å². The van der Waals surface area contributed by atoms with Gasteiger partial charge in [0.15, 0.2) is 0 Å². The molecule has 0 radical (unpaired) electrons. The van der Waals surface area contributed by atoms with Crippen LogP contribution in [0.2, 0.25) is 0 Å². The van der Waals surface area contributed by atoms with Gasteiger partial charge in [0.1, 0.15) is 0 Å². The smallest absolute Gasteiger partial charge is 0.349 e. The Hall–Kier alpha value is -2.46. The van der Waals surface area contributed by atoms with E-state index in [1.807, 2.05) is 31.4 Å². The maximum absolute atomic E-state index is 12.9. The summed E-state index contributed by atoms with van der Waals surface area (Å²) in [5.41, 5.74) is 2.48. The number of thiazole rings is 1. The Morgan fingerprint density at radius 1 is 1.22 bits per heavy atom. The zero-order valence-corrected chi connectivity index (χ0v) is 21.3. The molecule has 3 heterocycles. The molecular weight excluding hydrogens is 487 g/mol. The van der Waals surface area contributed by atoms with Crippen LogP contribution in [0.4, 0.5) is 13.2 Å². The lowest BCUT2D eigenvalue weighted by Crippen LogP contribution is -2.38. The van der Waals surface area contributed by atoms with Crippen LogP contribution in [0.3, 0.4) is 0 Å². The summed E-state index contributed by atoms with van der Waals surface area (Å²) in [6.07, 6.45) is 3.09. The van der Waals surface area contributed by atoms with Gasteiger partial charge in [0.05, 0.1) is 21.8 Å². The van der Waals surface area contributed by atoms with Crippen LogP contribution < -0.4 is 5.32 Å². The van der Waals surface area contributed by atoms with Crippen molar-refractivity contribution >= 4 is 28.1 Å². The van der Waals surface area contributed by atoms with Gasteiger partial charge in [0.2, 0.25) is 0 Å². The van der Waals surface area contributed by atoms with Crippen molar-refractivity contribution in [2.75, 3.05) is 13.1 Å². The summed E-state index contributed by atoms with van der Waals surface area (Å²) in [5, 5.41) is 9.11. The fourth-order valence-corrected chi connectivity index (χ4v) is 6.50. The predicted molar refractivity (Wildman–Crippen MR) is 134 cm³/mol. The van der Waals surface area contributed by atoms with E-state index in [0.717, 1.165) is 79.6 Å². The van der Waals surface area contributed by atoms with Gasteiger partial charge in [-0.25, -0.2) is 4.98 Å². The summed E-state index contributed by atoms with van der Waals surface area (Å²) in [5.74, 6) is 0.609. The molecule has 36 heavy (non-hydrogen) atoms. The number of fused-ring (bicyclic) bond motifs is 2. The summed E-state index contributed by atoms with van der Waals surface area (Å²) < 4.78 is 39.3. The summed E-state index contributed by atoms with van der Waals surface area (Å²) in [6.45, 7) is 2.67. The topological polar surface area (TPSA) is 63.1 Å². The maximum Gasteiger partial charge on any atom is 0.389 e. The first-order valence-corrected chi connectivity index (χ1v) is 13.5. The third-order valence-electron chi connectivity index (χ3n) is 7.42. The lowest BCUT2D eigenvalue weighted by atomic mass is 9.84. The zero-order chi connectivity index (χ0) is 25.3. The molecular formula is C26H32F3N5OS. The van der Waals surface area contributed by atoms with E-state index >= 15 is 0 Å². The first-order chi connectivity index (χ1) is 17.2. The molecule has 1 amide bonds. The van der Waals surface area contributed by atoms with Crippen LogP contribution in [-0.4, -0.2) is 50.9 Å². The van der Waals surface area contributed by atoms with Crippen molar-refractivity contribution in [2.24, 2.45) is 13.0 Å². The van der Waals surface area contributed by atoms with E-state index in [0.29, 0.717) is 16.5 Å². The number of alkyl halides is 3. The molecule has 1 aliphatic heterocycles. The number of hydrogen-bond donors (Lipinski definition) is 1. The van der Waals surface area contributed by atoms with Crippen LogP contribution in [0.25, 0.3) is 10.9 Å². The number of rotatable bonds is 7. The highest BCUT2D eigenvalue weighted by Gasteiger charge is 2.29. The summed E-state index contributed by atoms with van der Waals surface area (Å²) in [7, 11) is 1.86. The Morgan fingerprint density at radius 3 is 2.81 bits per heavy atom. The van der Waals surface area contributed by atoms with Gasteiger partial charge in [-0.05, 0) is 63.1 Å². The third-order valence-corrected chi connectivity index (χ3v) is 8.64. The Bertz CT molecular complexity index is 1210. The van der Waals surface area contributed by atoms with Gasteiger partial charge in [-0.1, -0.05) is 6.07 Å². The van der Waals surface area contributed by atoms with Crippen LogP contribution in [0.5, 0.6) is 0 Å². The van der Waals surface area contributed by atoms with Crippen molar-refractivity contribution in [1.82, 2.24) is 25.0 Å². The number of hydrogen-bond acceptors (Lipinski definition) is 5. The van der Waals surface area contributed by atoms with E-state index in [2.05, 4.69) is 20.3 Å². The van der Waals surface area contributed by atoms with Gasteiger partial charge in [-0.3, -0.25) is 14.4 Å². The molecule has 6 nitrogen and oxygen atoms in total. The number of carbonyl (C=O) groups is 1. The van der Waals surface area contributed by atoms with E-state index in [1.54, 1.807) is 4.68 Å². The first kappa shape index (κ1) is 25.2. The lowest BCUT2D eigenvalue weighted by molar-refractivity contribution is -0.134.